The highest BCUT2D eigenvalue weighted by atomic mass is 16.6. The third-order valence-electron chi connectivity index (χ3n) is 5.81. The van der Waals surface area contributed by atoms with Gasteiger partial charge in [-0.15, -0.1) is 0 Å². The summed E-state index contributed by atoms with van der Waals surface area (Å²) in [6.07, 6.45) is 2.51. The summed E-state index contributed by atoms with van der Waals surface area (Å²) in [7, 11) is 3.01. The van der Waals surface area contributed by atoms with Crippen molar-refractivity contribution >= 4 is 5.97 Å². The van der Waals surface area contributed by atoms with Crippen LogP contribution in [-0.2, 0) is 20.6 Å². The zero-order valence-corrected chi connectivity index (χ0v) is 18.4. The normalized spacial score (nSPS) is 21.4. The third kappa shape index (κ3) is 4.21. The van der Waals surface area contributed by atoms with Crippen LogP contribution in [0, 0.1) is 5.92 Å². The van der Waals surface area contributed by atoms with Crippen LogP contribution in [0.5, 0.6) is 34.5 Å². The maximum absolute atomic E-state index is 12.9. The molecule has 4 rings (SSSR count). The van der Waals surface area contributed by atoms with E-state index in [0.717, 1.165) is 18.2 Å². The number of phenols is 5. The number of allylic oxidation sites excluding steroid dienone is 1. The summed E-state index contributed by atoms with van der Waals surface area (Å²) in [5, 5.41) is 49.3. The first-order valence-electron chi connectivity index (χ1n) is 10.4. The Morgan fingerprint density at radius 2 is 1.62 bits per heavy atom. The van der Waals surface area contributed by atoms with Crippen molar-refractivity contribution in [2.75, 3.05) is 14.2 Å². The first kappa shape index (κ1) is 23.0. The molecule has 2 aromatic carbocycles. The average Bonchev–Trinajstić information content (AvgIpc) is 2.81. The number of hydrogen-bond donors (Lipinski definition) is 5. The minimum atomic E-state index is -0.898. The Balaban J connectivity index is 1.68. The monoisotopic (exact) mass is 472 g/mol. The van der Waals surface area contributed by atoms with E-state index in [-0.39, 0.29) is 35.2 Å². The van der Waals surface area contributed by atoms with E-state index in [4.69, 9.17) is 18.9 Å². The van der Waals surface area contributed by atoms with Gasteiger partial charge in [0.15, 0.2) is 28.8 Å². The molecule has 1 heterocycles. The van der Waals surface area contributed by atoms with Crippen molar-refractivity contribution < 1.29 is 49.3 Å². The second-order valence-corrected chi connectivity index (χ2v) is 7.94. The number of benzene rings is 2. The Hall–Kier alpha value is -4.21. The van der Waals surface area contributed by atoms with Crippen LogP contribution in [0.1, 0.15) is 22.3 Å². The van der Waals surface area contributed by atoms with E-state index in [0.29, 0.717) is 23.5 Å². The molecule has 5 N–H and O–H groups in total. The fraction of sp³-hybridized carbons (Fsp3) is 0.292. The molecule has 0 radical (unpaired) electrons. The molecule has 1 aliphatic heterocycles. The van der Waals surface area contributed by atoms with E-state index in [2.05, 4.69) is 0 Å². The number of rotatable bonds is 5. The smallest absolute Gasteiger partial charge is 0.338 e. The zero-order chi connectivity index (χ0) is 24.6. The summed E-state index contributed by atoms with van der Waals surface area (Å²) in [4.78, 5) is 12.9. The van der Waals surface area contributed by atoms with Crippen molar-refractivity contribution in [3.8, 4) is 34.5 Å². The maximum atomic E-state index is 12.9. The molecule has 0 saturated carbocycles. The number of fused-ring (bicyclic) bond motifs is 1. The number of aromatic hydroxyl groups is 5. The molecule has 0 bridgehead atoms. The molecule has 0 saturated heterocycles. The molecule has 10 heteroatoms. The molecule has 180 valence electrons. The Labute approximate surface area is 194 Å². The summed E-state index contributed by atoms with van der Waals surface area (Å²) in [6.45, 7) is 0. The largest absolute Gasteiger partial charge is 0.508 e. The van der Waals surface area contributed by atoms with Crippen molar-refractivity contribution in [1.82, 2.24) is 0 Å². The molecule has 3 atom stereocenters. The molecule has 34 heavy (non-hydrogen) atoms. The fourth-order valence-corrected chi connectivity index (χ4v) is 4.14. The quantitative estimate of drug-likeness (QED) is 0.324. The molecule has 0 amide bonds. The van der Waals surface area contributed by atoms with Gasteiger partial charge < -0.3 is 44.5 Å². The van der Waals surface area contributed by atoms with Gasteiger partial charge in [0.25, 0.3) is 0 Å². The number of hydrogen-bond acceptors (Lipinski definition) is 10. The minimum Gasteiger partial charge on any atom is -0.508 e. The summed E-state index contributed by atoms with van der Waals surface area (Å²) < 4.78 is 22.5. The molecule has 0 spiro atoms. The fourth-order valence-electron chi connectivity index (χ4n) is 4.14. The van der Waals surface area contributed by atoms with E-state index in [1.807, 2.05) is 6.08 Å². The average molecular weight is 472 g/mol. The van der Waals surface area contributed by atoms with Gasteiger partial charge in [-0.25, -0.2) is 4.79 Å². The lowest BCUT2D eigenvalue weighted by molar-refractivity contribution is -0.0318. The third-order valence-corrected chi connectivity index (χ3v) is 5.81. The molecule has 0 aromatic heterocycles. The SMILES string of the molecule is COC1=CCC([C@H]2Oc3cc(O)cc(O)c3C[C@H]2OC(=O)c2cc(O)c(O)c(O)c2)C=C1OC. The lowest BCUT2D eigenvalue weighted by Crippen LogP contribution is -2.45. The number of carbonyl (C=O) groups is 1. The van der Waals surface area contributed by atoms with Crippen LogP contribution in [-0.4, -0.2) is 57.9 Å². The molecule has 10 nitrogen and oxygen atoms in total. The molecule has 2 aromatic rings. The van der Waals surface area contributed by atoms with Gasteiger partial charge in [-0.1, -0.05) is 0 Å². The van der Waals surface area contributed by atoms with Gasteiger partial charge in [0, 0.05) is 30.0 Å². The van der Waals surface area contributed by atoms with E-state index in [1.54, 1.807) is 6.08 Å². The topological polar surface area (TPSA) is 155 Å². The molecule has 1 unspecified atom stereocenters. The Morgan fingerprint density at radius 1 is 0.941 bits per heavy atom. The lowest BCUT2D eigenvalue weighted by atomic mass is 9.85. The Bertz CT molecular complexity index is 1160. The van der Waals surface area contributed by atoms with Crippen molar-refractivity contribution in [2.45, 2.75) is 25.0 Å². The summed E-state index contributed by atoms with van der Waals surface area (Å²) >= 11 is 0. The second-order valence-electron chi connectivity index (χ2n) is 7.94. The molecular formula is C24H24O10. The molecular weight excluding hydrogens is 448 g/mol. The van der Waals surface area contributed by atoms with E-state index < -0.39 is 35.4 Å². The second kappa shape index (κ2) is 8.97. The highest BCUT2D eigenvalue weighted by Crippen LogP contribution is 2.42. The Morgan fingerprint density at radius 3 is 2.26 bits per heavy atom. The van der Waals surface area contributed by atoms with Crippen molar-refractivity contribution in [1.29, 1.82) is 0 Å². The van der Waals surface area contributed by atoms with Crippen LogP contribution in [0.2, 0.25) is 0 Å². The van der Waals surface area contributed by atoms with Crippen LogP contribution in [0.15, 0.2) is 47.9 Å². The van der Waals surface area contributed by atoms with Gasteiger partial charge in [-0.05, 0) is 30.7 Å². The Kier molecular flexibility index (Phi) is 6.06. The number of methoxy groups -OCH3 is 2. The first-order valence-corrected chi connectivity index (χ1v) is 10.4. The predicted molar refractivity (Wildman–Crippen MR) is 117 cm³/mol. The molecule has 0 fully saturated rings. The van der Waals surface area contributed by atoms with Gasteiger partial charge >= 0.3 is 5.97 Å². The van der Waals surface area contributed by atoms with Crippen molar-refractivity contribution in [3.63, 3.8) is 0 Å². The first-order chi connectivity index (χ1) is 16.2. The van der Waals surface area contributed by atoms with Crippen LogP contribution >= 0.6 is 0 Å². The summed E-state index contributed by atoms with van der Waals surface area (Å²) in [6, 6.07) is 4.47. The van der Waals surface area contributed by atoms with Gasteiger partial charge in [-0.2, -0.15) is 0 Å². The number of carbonyl (C=O) groups excluding carboxylic acids is 1. The van der Waals surface area contributed by atoms with Gasteiger partial charge in [0.2, 0.25) is 0 Å². The number of phenolic OH excluding ortho intramolecular Hbond substituents is 5. The van der Waals surface area contributed by atoms with Crippen molar-refractivity contribution in [3.05, 3.63) is 59.1 Å². The highest BCUT2D eigenvalue weighted by Gasteiger charge is 2.40. The van der Waals surface area contributed by atoms with E-state index in [1.165, 1.54) is 20.3 Å². The number of ether oxygens (including phenoxy) is 4. The van der Waals surface area contributed by atoms with Crippen LogP contribution in [0.4, 0.5) is 0 Å². The van der Waals surface area contributed by atoms with Gasteiger partial charge in [-0.3, -0.25) is 0 Å². The van der Waals surface area contributed by atoms with Gasteiger partial charge in [0.1, 0.15) is 29.5 Å². The van der Waals surface area contributed by atoms with Crippen LogP contribution in [0.3, 0.4) is 0 Å². The number of esters is 1. The highest BCUT2D eigenvalue weighted by molar-refractivity contribution is 5.91. The minimum absolute atomic E-state index is 0.0708. The lowest BCUT2D eigenvalue weighted by Gasteiger charge is -2.37. The van der Waals surface area contributed by atoms with E-state index >= 15 is 0 Å². The molecule has 1 aliphatic carbocycles. The van der Waals surface area contributed by atoms with Gasteiger partial charge in [0.05, 0.1) is 19.8 Å². The maximum Gasteiger partial charge on any atom is 0.338 e. The summed E-state index contributed by atoms with van der Waals surface area (Å²) in [5.74, 6) is -2.45. The van der Waals surface area contributed by atoms with Crippen LogP contribution in [0.25, 0.3) is 0 Å². The predicted octanol–water partition coefficient (Wildman–Crippen LogP) is 2.82. The van der Waals surface area contributed by atoms with E-state index in [9.17, 15) is 30.3 Å². The molecule has 2 aliphatic rings. The summed E-state index contributed by atoms with van der Waals surface area (Å²) in [5.41, 5.74) is 0.161. The zero-order valence-electron chi connectivity index (χ0n) is 18.4. The van der Waals surface area contributed by atoms with Crippen molar-refractivity contribution in [2.24, 2.45) is 5.92 Å². The standard InChI is InChI=1S/C24H24O10/c1-31-18-4-3-11(7-20(18)32-2)23-21(10-14-15(26)8-13(25)9-19(14)33-23)34-24(30)12-5-16(27)22(29)17(28)6-12/h4-9,11,21,23,25-29H,3,10H2,1-2H3/t11?,21-,23-/m1/s1. The van der Waals surface area contributed by atoms with Crippen LogP contribution < -0.4 is 4.74 Å².